The maximum Gasteiger partial charge on any atom is 0.296 e. The average molecular weight is 525 g/mol. The van der Waals surface area contributed by atoms with Crippen molar-refractivity contribution in [3.63, 3.8) is 0 Å². The minimum Gasteiger partial charge on any atom is -0.496 e. The van der Waals surface area contributed by atoms with E-state index in [0.717, 1.165) is 5.56 Å². The maximum atomic E-state index is 13.3. The van der Waals surface area contributed by atoms with Crippen LogP contribution in [0.15, 0.2) is 77.8 Å². The quantitative estimate of drug-likeness (QED) is 0.311. The van der Waals surface area contributed by atoms with Crippen molar-refractivity contribution in [1.82, 2.24) is 4.90 Å². The lowest BCUT2D eigenvalue weighted by Crippen LogP contribution is -2.33. The second-order valence-corrected chi connectivity index (χ2v) is 9.32. The predicted molar refractivity (Wildman–Crippen MR) is 140 cm³/mol. The number of amides is 2. The minimum atomic E-state index is -0.757. The van der Waals surface area contributed by atoms with Gasteiger partial charge in [-0.15, -0.1) is 0 Å². The van der Waals surface area contributed by atoms with Crippen molar-refractivity contribution in [2.75, 3.05) is 12.4 Å². The highest BCUT2D eigenvalue weighted by atomic mass is 35.5. The van der Waals surface area contributed by atoms with Gasteiger partial charge in [-0.1, -0.05) is 59.8 Å². The molecule has 1 atom stereocenters. The molecule has 0 aromatic heterocycles. The van der Waals surface area contributed by atoms with Crippen LogP contribution in [0, 0.1) is 10.1 Å². The van der Waals surface area contributed by atoms with Crippen molar-refractivity contribution < 1.29 is 19.2 Å². The molecule has 3 aromatic carbocycles. The van der Waals surface area contributed by atoms with Crippen LogP contribution in [-0.2, 0) is 16.1 Å². The molecule has 3 aromatic rings. The number of ether oxygens (including phenoxy) is 1. The van der Waals surface area contributed by atoms with Crippen LogP contribution in [0.25, 0.3) is 0 Å². The Morgan fingerprint density at radius 2 is 1.89 bits per heavy atom. The summed E-state index contributed by atoms with van der Waals surface area (Å²) < 4.78 is 5.02. The van der Waals surface area contributed by atoms with E-state index in [1.807, 2.05) is 42.5 Å². The summed E-state index contributed by atoms with van der Waals surface area (Å²) in [6.45, 7) is 0.194. The first-order valence-electron chi connectivity index (χ1n) is 10.8. The molecule has 9 nitrogen and oxygen atoms in total. The van der Waals surface area contributed by atoms with E-state index in [0.29, 0.717) is 21.6 Å². The third-order valence-electron chi connectivity index (χ3n) is 5.33. The lowest BCUT2D eigenvalue weighted by Gasteiger charge is -2.17. The normalized spacial score (nSPS) is 16.3. The summed E-state index contributed by atoms with van der Waals surface area (Å²) in [6.07, 6.45) is -0.195. The van der Waals surface area contributed by atoms with Gasteiger partial charge in [0.1, 0.15) is 16.7 Å². The number of methoxy groups -OCH3 is 1. The Morgan fingerprint density at radius 1 is 1.17 bits per heavy atom. The number of carbonyl (C=O) groups excluding carboxylic acids is 2. The number of nitro benzene ring substituents is 1. The third-order valence-corrected chi connectivity index (χ3v) is 6.88. The number of rotatable bonds is 8. The molecular weight excluding hydrogens is 504 g/mol. The predicted octanol–water partition coefficient (Wildman–Crippen LogP) is 5.42. The summed E-state index contributed by atoms with van der Waals surface area (Å²) in [7, 11) is 1.39. The molecule has 0 radical (unpaired) electrons. The lowest BCUT2D eigenvalue weighted by molar-refractivity contribution is -0.384. The second-order valence-electron chi connectivity index (χ2n) is 7.74. The van der Waals surface area contributed by atoms with E-state index in [1.165, 1.54) is 42.0 Å². The summed E-state index contributed by atoms with van der Waals surface area (Å²) in [5, 5.41) is 14.2. The number of nitro groups is 1. The molecule has 0 saturated carbocycles. The topological polar surface area (TPSA) is 114 Å². The van der Waals surface area contributed by atoms with Crippen LogP contribution in [-0.4, -0.2) is 39.2 Å². The largest absolute Gasteiger partial charge is 0.496 e. The Kier molecular flexibility index (Phi) is 7.87. The highest BCUT2D eigenvalue weighted by Gasteiger charge is 2.39. The van der Waals surface area contributed by atoms with Crippen LogP contribution in [0.3, 0.4) is 0 Å². The molecule has 1 aliphatic rings. The zero-order valence-electron chi connectivity index (χ0n) is 19.1. The molecule has 0 bridgehead atoms. The highest BCUT2D eigenvalue weighted by molar-refractivity contribution is 8.15. The Balaban J connectivity index is 1.56. The maximum absolute atomic E-state index is 13.3. The summed E-state index contributed by atoms with van der Waals surface area (Å²) in [5.74, 6) is -0.542. The molecule has 36 heavy (non-hydrogen) atoms. The molecule has 1 heterocycles. The number of thioether (sulfide) groups is 1. The molecular formula is C25H21ClN4O5S. The van der Waals surface area contributed by atoms with Gasteiger partial charge < -0.3 is 10.1 Å². The summed E-state index contributed by atoms with van der Waals surface area (Å²) in [5.41, 5.74) is 1.12. The van der Waals surface area contributed by atoms with Crippen molar-refractivity contribution in [1.29, 1.82) is 0 Å². The molecule has 0 aliphatic carbocycles. The van der Waals surface area contributed by atoms with E-state index in [-0.39, 0.29) is 30.2 Å². The number of hydrogen-bond acceptors (Lipinski definition) is 7. The summed E-state index contributed by atoms with van der Waals surface area (Å²) in [6, 6.07) is 20.5. The van der Waals surface area contributed by atoms with E-state index in [1.54, 1.807) is 12.1 Å². The Hall–Kier alpha value is -3.89. The average Bonchev–Trinajstić information content (AvgIpc) is 3.14. The smallest absolute Gasteiger partial charge is 0.296 e. The first-order valence-corrected chi connectivity index (χ1v) is 12.1. The van der Waals surface area contributed by atoms with Crippen LogP contribution in [0.2, 0.25) is 5.02 Å². The fourth-order valence-electron chi connectivity index (χ4n) is 3.55. The SMILES string of the molecule is COc1ccc(NC(=O)CC2SC(=Nc3ccccc3)N(Cc3ccccc3Cl)C2=O)c([N+](=O)[O-])c1. The van der Waals surface area contributed by atoms with Gasteiger partial charge in [-0.2, -0.15) is 0 Å². The van der Waals surface area contributed by atoms with Gasteiger partial charge in [-0.05, 0) is 35.9 Å². The number of halogens is 1. The molecule has 1 saturated heterocycles. The third kappa shape index (κ3) is 5.84. The molecule has 0 spiro atoms. The van der Waals surface area contributed by atoms with Crippen molar-refractivity contribution in [3.8, 4) is 5.75 Å². The Bertz CT molecular complexity index is 1340. The van der Waals surface area contributed by atoms with Crippen molar-refractivity contribution >= 4 is 57.4 Å². The van der Waals surface area contributed by atoms with E-state index >= 15 is 0 Å². The number of benzene rings is 3. The number of hydrogen-bond donors (Lipinski definition) is 1. The number of para-hydroxylation sites is 1. The van der Waals surface area contributed by atoms with E-state index in [2.05, 4.69) is 10.3 Å². The number of nitrogens with zero attached hydrogens (tertiary/aromatic N) is 3. The zero-order chi connectivity index (χ0) is 25.7. The van der Waals surface area contributed by atoms with Gasteiger partial charge in [-0.25, -0.2) is 4.99 Å². The fraction of sp³-hybridized carbons (Fsp3) is 0.160. The van der Waals surface area contributed by atoms with Gasteiger partial charge >= 0.3 is 0 Å². The Morgan fingerprint density at radius 3 is 2.58 bits per heavy atom. The summed E-state index contributed by atoms with van der Waals surface area (Å²) in [4.78, 5) is 43.1. The van der Waals surface area contributed by atoms with Gasteiger partial charge in [0, 0.05) is 11.4 Å². The molecule has 184 valence electrons. The van der Waals surface area contributed by atoms with Crippen LogP contribution < -0.4 is 10.1 Å². The van der Waals surface area contributed by atoms with Crippen molar-refractivity contribution in [2.45, 2.75) is 18.2 Å². The zero-order valence-corrected chi connectivity index (χ0v) is 20.7. The molecule has 4 rings (SSSR count). The summed E-state index contributed by atoms with van der Waals surface area (Å²) >= 11 is 7.49. The van der Waals surface area contributed by atoms with Gasteiger partial charge in [-0.3, -0.25) is 24.6 Å². The van der Waals surface area contributed by atoms with E-state index in [9.17, 15) is 19.7 Å². The molecule has 2 amide bonds. The molecule has 1 aliphatic heterocycles. The number of anilines is 1. The molecule has 11 heteroatoms. The molecule has 1 fully saturated rings. The van der Waals surface area contributed by atoms with Gasteiger partial charge in [0.15, 0.2) is 5.17 Å². The number of amidine groups is 1. The van der Waals surface area contributed by atoms with E-state index in [4.69, 9.17) is 16.3 Å². The first-order chi connectivity index (χ1) is 17.4. The minimum absolute atomic E-state index is 0.0207. The van der Waals surface area contributed by atoms with E-state index < -0.39 is 16.1 Å². The van der Waals surface area contributed by atoms with Crippen LogP contribution in [0.4, 0.5) is 17.1 Å². The number of aliphatic imine (C=N–C) groups is 1. The molecule has 1 unspecified atom stereocenters. The fourth-order valence-corrected chi connectivity index (χ4v) is 4.90. The van der Waals surface area contributed by atoms with Gasteiger partial charge in [0.2, 0.25) is 11.8 Å². The lowest BCUT2D eigenvalue weighted by atomic mass is 10.2. The standard InChI is InChI=1S/C25H21ClN4O5S/c1-35-18-11-12-20(21(13-18)30(33)34)28-23(31)14-22-24(32)29(15-16-7-5-6-10-19(16)26)25(36-22)27-17-8-3-2-4-9-17/h2-13,22H,14-15H2,1H3,(H,28,31). The first kappa shape index (κ1) is 25.2. The highest BCUT2D eigenvalue weighted by Crippen LogP contribution is 2.35. The second kappa shape index (κ2) is 11.2. The van der Waals surface area contributed by atoms with Gasteiger partial charge in [0.25, 0.3) is 5.69 Å². The molecule has 1 N–H and O–H groups in total. The van der Waals surface area contributed by atoms with Gasteiger partial charge in [0.05, 0.1) is 30.3 Å². The number of carbonyl (C=O) groups is 2. The van der Waals surface area contributed by atoms with Crippen molar-refractivity contribution in [3.05, 3.63) is 93.5 Å². The van der Waals surface area contributed by atoms with Crippen molar-refractivity contribution in [2.24, 2.45) is 4.99 Å². The number of nitrogens with one attached hydrogen (secondary N) is 1. The van der Waals surface area contributed by atoms with Crippen LogP contribution >= 0.6 is 23.4 Å². The van der Waals surface area contributed by atoms with Crippen LogP contribution in [0.5, 0.6) is 5.75 Å². The monoisotopic (exact) mass is 524 g/mol. The Labute approximate surface area is 216 Å². The van der Waals surface area contributed by atoms with Crippen LogP contribution in [0.1, 0.15) is 12.0 Å².